The molecule has 0 fully saturated rings. The van der Waals surface area contributed by atoms with E-state index >= 15 is 0 Å². The third kappa shape index (κ3) is 9.43. The fourth-order valence-corrected chi connectivity index (χ4v) is 4.38. The van der Waals surface area contributed by atoms with E-state index in [1.807, 2.05) is 44.2 Å². The van der Waals surface area contributed by atoms with Crippen LogP contribution in [0.3, 0.4) is 0 Å². The van der Waals surface area contributed by atoms with Crippen LogP contribution >= 0.6 is 0 Å². The number of ketones is 1. The minimum atomic E-state index is -2.19. The molecule has 1 aromatic rings. The molecule has 0 N–H and O–H groups in total. The number of Topliss-reactive ketones (excluding diaryl/α,β-unsaturated/α-hetero) is 1. The Labute approximate surface area is 200 Å². The number of rotatable bonds is 12. The second-order valence-corrected chi connectivity index (χ2v) is 14.6. The molecule has 186 valence electrons. The Morgan fingerprint density at radius 1 is 1.06 bits per heavy atom. The molecule has 0 spiro atoms. The van der Waals surface area contributed by atoms with Gasteiger partial charge in [-0.1, -0.05) is 58.0 Å². The van der Waals surface area contributed by atoms with Gasteiger partial charge in [0.05, 0.1) is 19.3 Å². The Morgan fingerprint density at radius 2 is 1.67 bits per heavy atom. The Hall–Kier alpha value is -1.96. The average Bonchev–Trinajstić information content (AvgIpc) is 2.74. The maximum atomic E-state index is 13.3. The molecule has 0 unspecified atom stereocenters. The van der Waals surface area contributed by atoms with Gasteiger partial charge in [-0.15, -0.1) is 0 Å². The molecule has 3 atom stereocenters. The second kappa shape index (κ2) is 13.1. The van der Waals surface area contributed by atoms with Crippen LogP contribution < -0.4 is 0 Å². The van der Waals surface area contributed by atoms with Gasteiger partial charge in [-0.05, 0) is 56.1 Å². The van der Waals surface area contributed by atoms with E-state index in [-0.39, 0.29) is 24.0 Å². The van der Waals surface area contributed by atoms with E-state index in [4.69, 9.17) is 18.6 Å². The fourth-order valence-electron chi connectivity index (χ4n) is 3.00. The molecule has 0 saturated heterocycles. The third-order valence-electron chi connectivity index (χ3n) is 6.19. The molecule has 7 heteroatoms. The van der Waals surface area contributed by atoms with Crippen molar-refractivity contribution in [2.75, 3.05) is 13.2 Å². The summed E-state index contributed by atoms with van der Waals surface area (Å²) in [6, 6.07) is 9.79. The van der Waals surface area contributed by atoms with Gasteiger partial charge in [0.1, 0.15) is 12.7 Å². The van der Waals surface area contributed by atoms with Gasteiger partial charge in [0.2, 0.25) is 0 Å². The normalized spacial score (nSPS) is 15.5. The van der Waals surface area contributed by atoms with Crippen molar-refractivity contribution >= 4 is 20.3 Å². The van der Waals surface area contributed by atoms with Crippen LogP contribution in [0.4, 0.5) is 4.79 Å². The summed E-state index contributed by atoms with van der Waals surface area (Å²) in [7, 11) is -2.19. The summed E-state index contributed by atoms with van der Waals surface area (Å²) in [6.45, 7) is 18.8. The molecule has 6 nitrogen and oxygen atoms in total. The Morgan fingerprint density at radius 3 is 2.21 bits per heavy atom. The SMILES string of the molecule is CCOC(=O)OC/C=C(\C)[C@H](O[Si](C)(C)C(C)(C)C)[C@@H](C)C(=O)[C@H](C)OCc1ccccc1. The van der Waals surface area contributed by atoms with Crippen LogP contribution in [-0.4, -0.2) is 45.7 Å². The lowest BCUT2D eigenvalue weighted by molar-refractivity contribution is -0.136. The minimum absolute atomic E-state index is 0.0197. The zero-order valence-corrected chi connectivity index (χ0v) is 22.8. The highest BCUT2D eigenvalue weighted by molar-refractivity contribution is 6.74. The summed E-state index contributed by atoms with van der Waals surface area (Å²) < 4.78 is 22.5. The minimum Gasteiger partial charge on any atom is -0.435 e. The summed E-state index contributed by atoms with van der Waals surface area (Å²) in [6.07, 6.45) is 0.0605. The smallest absolute Gasteiger partial charge is 0.435 e. The van der Waals surface area contributed by atoms with Crippen molar-refractivity contribution in [3.8, 4) is 0 Å². The summed E-state index contributed by atoms with van der Waals surface area (Å²) >= 11 is 0. The topological polar surface area (TPSA) is 71.1 Å². The molecule has 0 aliphatic carbocycles. The summed E-state index contributed by atoms with van der Waals surface area (Å²) in [5.41, 5.74) is 1.87. The molecule has 33 heavy (non-hydrogen) atoms. The van der Waals surface area contributed by atoms with Crippen molar-refractivity contribution in [3.05, 3.63) is 47.5 Å². The number of benzene rings is 1. The van der Waals surface area contributed by atoms with E-state index in [2.05, 4.69) is 33.9 Å². The summed E-state index contributed by atoms with van der Waals surface area (Å²) in [5, 5.41) is -0.0227. The molecular weight excluding hydrogens is 436 g/mol. The monoisotopic (exact) mass is 478 g/mol. The van der Waals surface area contributed by atoms with Crippen molar-refractivity contribution in [3.63, 3.8) is 0 Å². The largest absolute Gasteiger partial charge is 0.508 e. The first-order chi connectivity index (χ1) is 15.3. The molecule has 1 aromatic carbocycles. The standard InChI is InChI=1S/C26H42O6Si/c1-10-29-25(28)30-17-16-19(2)24(32-33(8,9)26(5,6)7)20(3)23(27)21(4)31-18-22-14-12-11-13-15-22/h11-16,20-21,24H,10,17-18H2,1-9H3/b19-16+/t20-,21-,24-/m0/s1. The van der Waals surface area contributed by atoms with E-state index < -0.39 is 32.6 Å². The molecule has 0 aliphatic heterocycles. The van der Waals surface area contributed by atoms with Gasteiger partial charge in [-0.2, -0.15) is 0 Å². The molecule has 1 rings (SSSR count). The molecule has 0 aromatic heterocycles. The summed E-state index contributed by atoms with van der Waals surface area (Å²) in [5.74, 6) is -0.447. The summed E-state index contributed by atoms with van der Waals surface area (Å²) in [4.78, 5) is 24.8. The first-order valence-corrected chi connectivity index (χ1v) is 14.5. The molecular formula is C26H42O6Si. The van der Waals surface area contributed by atoms with Crippen molar-refractivity contribution in [2.24, 2.45) is 5.92 Å². The van der Waals surface area contributed by atoms with Crippen molar-refractivity contribution in [2.45, 2.75) is 85.4 Å². The van der Waals surface area contributed by atoms with Crippen molar-refractivity contribution in [1.29, 1.82) is 0 Å². The predicted octanol–water partition coefficient (Wildman–Crippen LogP) is 6.31. The van der Waals surface area contributed by atoms with E-state index in [1.165, 1.54) is 0 Å². The molecule has 0 radical (unpaired) electrons. The number of hydrogen-bond acceptors (Lipinski definition) is 6. The molecule has 0 bridgehead atoms. The van der Waals surface area contributed by atoms with Gasteiger partial charge in [-0.25, -0.2) is 4.79 Å². The van der Waals surface area contributed by atoms with Crippen LogP contribution in [0.25, 0.3) is 0 Å². The number of hydrogen-bond donors (Lipinski definition) is 0. The van der Waals surface area contributed by atoms with Crippen molar-refractivity contribution < 1.29 is 28.2 Å². The van der Waals surface area contributed by atoms with Crippen LogP contribution in [0.15, 0.2) is 42.0 Å². The first kappa shape index (κ1) is 29.1. The van der Waals surface area contributed by atoms with Gasteiger partial charge in [-0.3, -0.25) is 4.79 Å². The molecule has 0 heterocycles. The van der Waals surface area contributed by atoms with E-state index in [0.29, 0.717) is 6.61 Å². The van der Waals surface area contributed by atoms with Crippen LogP contribution in [0.5, 0.6) is 0 Å². The average molecular weight is 479 g/mol. The maximum Gasteiger partial charge on any atom is 0.508 e. The van der Waals surface area contributed by atoms with Gasteiger partial charge in [0.15, 0.2) is 14.1 Å². The second-order valence-electron chi connectivity index (χ2n) is 9.87. The van der Waals surface area contributed by atoms with Crippen LogP contribution in [0.2, 0.25) is 18.1 Å². The van der Waals surface area contributed by atoms with Crippen LogP contribution in [-0.2, 0) is 30.0 Å². The predicted molar refractivity (Wildman–Crippen MR) is 134 cm³/mol. The van der Waals surface area contributed by atoms with Gasteiger partial charge < -0.3 is 18.6 Å². The number of carbonyl (C=O) groups excluding carboxylic acids is 2. The van der Waals surface area contributed by atoms with E-state index in [9.17, 15) is 9.59 Å². The quantitative estimate of drug-likeness (QED) is 0.199. The lowest BCUT2D eigenvalue weighted by atomic mass is 9.92. The zero-order valence-electron chi connectivity index (χ0n) is 21.8. The van der Waals surface area contributed by atoms with Gasteiger partial charge >= 0.3 is 6.16 Å². The Balaban J connectivity index is 2.99. The van der Waals surface area contributed by atoms with E-state index in [1.54, 1.807) is 19.9 Å². The van der Waals surface area contributed by atoms with Gasteiger partial charge in [0, 0.05) is 5.92 Å². The molecule has 0 saturated carbocycles. The maximum absolute atomic E-state index is 13.3. The molecule has 0 amide bonds. The van der Waals surface area contributed by atoms with E-state index in [0.717, 1.165) is 11.1 Å². The Bertz CT molecular complexity index is 782. The first-order valence-electron chi connectivity index (χ1n) is 11.6. The van der Waals surface area contributed by atoms with Gasteiger partial charge in [0.25, 0.3) is 0 Å². The molecule has 0 aliphatic rings. The number of ether oxygens (including phenoxy) is 3. The highest BCUT2D eigenvalue weighted by Gasteiger charge is 2.42. The lowest BCUT2D eigenvalue weighted by Crippen LogP contribution is -2.48. The highest BCUT2D eigenvalue weighted by Crippen LogP contribution is 2.39. The van der Waals surface area contributed by atoms with Crippen LogP contribution in [0, 0.1) is 5.92 Å². The third-order valence-corrected chi connectivity index (χ3v) is 10.6. The zero-order chi connectivity index (χ0) is 25.2. The fraction of sp³-hybridized carbons (Fsp3) is 0.615. The van der Waals surface area contributed by atoms with Crippen LogP contribution in [0.1, 0.15) is 54.0 Å². The lowest BCUT2D eigenvalue weighted by Gasteiger charge is -2.41. The van der Waals surface area contributed by atoms with Crippen molar-refractivity contribution in [1.82, 2.24) is 0 Å². The highest BCUT2D eigenvalue weighted by atomic mass is 28.4. The Kier molecular flexibility index (Phi) is 11.5. The number of carbonyl (C=O) groups is 2.